The van der Waals surface area contributed by atoms with Gasteiger partial charge in [0.05, 0.1) is 0 Å². The van der Waals surface area contributed by atoms with Crippen molar-refractivity contribution >= 4 is 24.2 Å². The van der Waals surface area contributed by atoms with E-state index in [2.05, 4.69) is 10.6 Å². The monoisotopic (exact) mass is 331 g/mol. The fraction of sp³-hybridized carbons (Fsp3) is 0.875. The first-order valence-corrected chi connectivity index (χ1v) is 8.17. The summed E-state index contributed by atoms with van der Waals surface area (Å²) in [6.45, 7) is 11.7. The maximum absolute atomic E-state index is 12.7. The number of carbonyl (C=O) groups is 2. The number of fused-ring (bicyclic) bond motifs is 1. The zero-order chi connectivity index (χ0) is 15.6. The predicted octanol–water partition coefficient (Wildman–Crippen LogP) is 1.27. The van der Waals surface area contributed by atoms with Crippen LogP contribution < -0.4 is 10.6 Å². The Morgan fingerprint density at radius 2 is 1.68 bits per heavy atom. The van der Waals surface area contributed by atoms with Gasteiger partial charge in [0, 0.05) is 32.6 Å². The Hall–Kier alpha value is -0.810. The molecule has 0 saturated carbocycles. The van der Waals surface area contributed by atoms with Crippen LogP contribution in [0.1, 0.15) is 34.1 Å². The maximum atomic E-state index is 12.7. The lowest BCUT2D eigenvalue weighted by molar-refractivity contribution is -0.137. The Morgan fingerprint density at radius 1 is 1.14 bits per heavy atom. The Morgan fingerprint density at radius 3 is 2.14 bits per heavy atom. The molecule has 128 valence electrons. The topological polar surface area (TPSA) is 61.4 Å². The van der Waals surface area contributed by atoms with E-state index in [0.717, 1.165) is 26.2 Å². The number of hydrogen-bond acceptors (Lipinski definition) is 3. The predicted molar refractivity (Wildman–Crippen MR) is 89.9 cm³/mol. The molecule has 2 N–H and O–H groups in total. The lowest BCUT2D eigenvalue weighted by atomic mass is 10.0. The number of likely N-dealkylation sites (tertiary alicyclic amines) is 1. The molecule has 2 saturated heterocycles. The molecule has 2 aliphatic rings. The summed E-state index contributed by atoms with van der Waals surface area (Å²) in [5, 5.41) is 6.33. The van der Waals surface area contributed by atoms with E-state index in [1.165, 1.54) is 0 Å². The standard InChI is InChI=1S/C16H29N3O2.ClH/c1-10(2)5-14(20)18-15(11(3)4)16(21)19-8-12-6-17-7-13(12)9-19;/h10-13,15,17H,5-9H2,1-4H3,(H,18,20);1H/t12-,13+,15?;. The summed E-state index contributed by atoms with van der Waals surface area (Å²) in [7, 11) is 0. The van der Waals surface area contributed by atoms with E-state index in [4.69, 9.17) is 0 Å². The molecule has 0 bridgehead atoms. The van der Waals surface area contributed by atoms with Gasteiger partial charge in [-0.3, -0.25) is 9.59 Å². The van der Waals surface area contributed by atoms with Crippen molar-refractivity contribution in [2.45, 2.75) is 40.2 Å². The van der Waals surface area contributed by atoms with Crippen LogP contribution in [0.5, 0.6) is 0 Å². The van der Waals surface area contributed by atoms with Crippen molar-refractivity contribution in [3.63, 3.8) is 0 Å². The van der Waals surface area contributed by atoms with Gasteiger partial charge in [0.1, 0.15) is 6.04 Å². The van der Waals surface area contributed by atoms with Crippen LogP contribution in [0.3, 0.4) is 0 Å². The molecule has 1 unspecified atom stereocenters. The highest BCUT2D eigenvalue weighted by atomic mass is 35.5. The number of hydrogen-bond donors (Lipinski definition) is 2. The van der Waals surface area contributed by atoms with Gasteiger partial charge in [0.15, 0.2) is 0 Å². The fourth-order valence-electron chi connectivity index (χ4n) is 3.35. The van der Waals surface area contributed by atoms with E-state index in [9.17, 15) is 9.59 Å². The smallest absolute Gasteiger partial charge is 0.245 e. The van der Waals surface area contributed by atoms with Crippen molar-refractivity contribution in [3.05, 3.63) is 0 Å². The van der Waals surface area contributed by atoms with Crippen LogP contribution in [0, 0.1) is 23.7 Å². The fourth-order valence-corrected chi connectivity index (χ4v) is 3.35. The number of carbonyl (C=O) groups excluding carboxylic acids is 2. The molecule has 0 aromatic rings. The average molecular weight is 332 g/mol. The van der Waals surface area contributed by atoms with E-state index in [-0.39, 0.29) is 36.2 Å². The van der Waals surface area contributed by atoms with Crippen molar-refractivity contribution in [2.75, 3.05) is 26.2 Å². The Labute approximate surface area is 140 Å². The van der Waals surface area contributed by atoms with Crippen molar-refractivity contribution in [2.24, 2.45) is 23.7 Å². The minimum Gasteiger partial charge on any atom is -0.344 e. The van der Waals surface area contributed by atoms with Gasteiger partial charge in [-0.15, -0.1) is 12.4 Å². The van der Waals surface area contributed by atoms with Gasteiger partial charge in [0.2, 0.25) is 11.8 Å². The number of nitrogens with zero attached hydrogens (tertiary/aromatic N) is 1. The Balaban J connectivity index is 0.00000242. The molecule has 2 fully saturated rings. The van der Waals surface area contributed by atoms with Crippen molar-refractivity contribution < 1.29 is 9.59 Å². The van der Waals surface area contributed by atoms with Gasteiger partial charge in [-0.05, 0) is 23.7 Å². The minimum absolute atomic E-state index is 0. The SMILES string of the molecule is CC(C)CC(=O)NC(C(=O)N1C[C@H]2CNC[C@H]2C1)C(C)C.Cl. The van der Waals surface area contributed by atoms with Crippen LogP contribution in [0.2, 0.25) is 0 Å². The molecule has 3 atom stereocenters. The molecule has 2 aliphatic heterocycles. The molecular weight excluding hydrogens is 302 g/mol. The summed E-state index contributed by atoms with van der Waals surface area (Å²) in [5.74, 6) is 1.69. The number of halogens is 1. The molecule has 22 heavy (non-hydrogen) atoms. The Bertz CT molecular complexity index is 389. The van der Waals surface area contributed by atoms with Gasteiger partial charge in [-0.1, -0.05) is 27.7 Å². The summed E-state index contributed by atoms with van der Waals surface area (Å²) in [6, 6.07) is -0.386. The van der Waals surface area contributed by atoms with Crippen LogP contribution in [0.15, 0.2) is 0 Å². The van der Waals surface area contributed by atoms with E-state index in [1.807, 2.05) is 32.6 Å². The third-order valence-electron chi connectivity index (χ3n) is 4.54. The summed E-state index contributed by atoms with van der Waals surface area (Å²) in [6.07, 6.45) is 0.478. The highest BCUT2D eigenvalue weighted by Gasteiger charge is 2.40. The third kappa shape index (κ3) is 4.59. The molecule has 5 nitrogen and oxygen atoms in total. The van der Waals surface area contributed by atoms with Gasteiger partial charge >= 0.3 is 0 Å². The Kier molecular flexibility index (Phi) is 7.13. The second kappa shape index (κ2) is 8.16. The summed E-state index contributed by atoms with van der Waals surface area (Å²) >= 11 is 0. The van der Waals surface area contributed by atoms with E-state index >= 15 is 0 Å². The largest absolute Gasteiger partial charge is 0.344 e. The van der Waals surface area contributed by atoms with E-state index in [0.29, 0.717) is 24.2 Å². The quantitative estimate of drug-likeness (QED) is 0.797. The molecule has 2 heterocycles. The number of rotatable bonds is 5. The second-order valence-electron chi connectivity index (χ2n) is 7.31. The van der Waals surface area contributed by atoms with Crippen molar-refractivity contribution in [1.29, 1.82) is 0 Å². The minimum atomic E-state index is -0.386. The van der Waals surface area contributed by atoms with Gasteiger partial charge in [-0.25, -0.2) is 0 Å². The van der Waals surface area contributed by atoms with Crippen molar-refractivity contribution in [1.82, 2.24) is 15.5 Å². The molecule has 2 rings (SSSR count). The highest BCUT2D eigenvalue weighted by Crippen LogP contribution is 2.27. The molecule has 0 aliphatic carbocycles. The summed E-state index contributed by atoms with van der Waals surface area (Å²) < 4.78 is 0. The molecule has 0 aromatic heterocycles. The number of nitrogens with one attached hydrogen (secondary N) is 2. The zero-order valence-electron chi connectivity index (χ0n) is 14.1. The third-order valence-corrected chi connectivity index (χ3v) is 4.54. The van der Waals surface area contributed by atoms with Crippen LogP contribution in [0.4, 0.5) is 0 Å². The van der Waals surface area contributed by atoms with Gasteiger partial charge < -0.3 is 15.5 Å². The molecule has 0 radical (unpaired) electrons. The van der Waals surface area contributed by atoms with Gasteiger partial charge in [0.25, 0.3) is 0 Å². The molecule has 0 aromatic carbocycles. The highest BCUT2D eigenvalue weighted by molar-refractivity contribution is 5.88. The molecule has 0 spiro atoms. The lowest BCUT2D eigenvalue weighted by Crippen LogP contribution is -2.51. The lowest BCUT2D eigenvalue weighted by Gasteiger charge is -2.27. The first-order chi connectivity index (χ1) is 9.88. The van der Waals surface area contributed by atoms with E-state index < -0.39 is 0 Å². The summed E-state index contributed by atoms with van der Waals surface area (Å²) in [4.78, 5) is 26.7. The maximum Gasteiger partial charge on any atom is 0.245 e. The normalized spacial score (nSPS) is 25.1. The van der Waals surface area contributed by atoms with Crippen LogP contribution in [0.25, 0.3) is 0 Å². The molecular formula is C16H30ClN3O2. The van der Waals surface area contributed by atoms with Crippen LogP contribution in [-0.4, -0.2) is 48.9 Å². The second-order valence-corrected chi connectivity index (χ2v) is 7.31. The van der Waals surface area contributed by atoms with Crippen molar-refractivity contribution in [3.8, 4) is 0 Å². The van der Waals surface area contributed by atoms with Gasteiger partial charge in [-0.2, -0.15) is 0 Å². The van der Waals surface area contributed by atoms with Crippen LogP contribution >= 0.6 is 12.4 Å². The first kappa shape index (κ1) is 19.2. The molecule has 6 heteroatoms. The average Bonchev–Trinajstić information content (AvgIpc) is 2.94. The zero-order valence-corrected chi connectivity index (χ0v) is 14.9. The molecule has 2 amide bonds. The first-order valence-electron chi connectivity index (χ1n) is 8.17. The van der Waals surface area contributed by atoms with E-state index in [1.54, 1.807) is 0 Å². The summed E-state index contributed by atoms with van der Waals surface area (Å²) in [5.41, 5.74) is 0. The number of amides is 2. The van der Waals surface area contributed by atoms with Crippen LogP contribution in [-0.2, 0) is 9.59 Å².